The third kappa shape index (κ3) is 4.62. The minimum absolute atomic E-state index is 0.0943. The van der Waals surface area contributed by atoms with Crippen LogP contribution in [0.5, 0.6) is 0 Å². The van der Waals surface area contributed by atoms with Gasteiger partial charge in [-0.15, -0.1) is 11.3 Å². The number of nitrogens with zero attached hydrogens (tertiary/aromatic N) is 2. The van der Waals surface area contributed by atoms with Crippen LogP contribution in [0.25, 0.3) is 15.9 Å². The molecule has 9 heteroatoms. The van der Waals surface area contributed by atoms with Crippen LogP contribution < -0.4 is 10.9 Å². The number of aromatic nitrogens is 2. The van der Waals surface area contributed by atoms with Gasteiger partial charge in [0, 0.05) is 20.6 Å². The number of rotatable bonds is 5. The SMILES string of the molecule is Cc1cc(Cl)ccc1NC(=O)CSc1nc2sc3c(c2c(=O)n1-c1ccc(Cl)cc1)CCCC3. The molecule has 0 fully saturated rings. The van der Waals surface area contributed by atoms with Gasteiger partial charge in [-0.25, -0.2) is 4.98 Å². The smallest absolute Gasteiger partial charge is 0.267 e. The molecule has 174 valence electrons. The minimum atomic E-state index is -0.183. The molecule has 2 aromatic carbocycles. The minimum Gasteiger partial charge on any atom is -0.325 e. The van der Waals surface area contributed by atoms with Gasteiger partial charge in [0.1, 0.15) is 4.83 Å². The molecular weight excluding hydrogens is 509 g/mol. The molecule has 0 unspecified atom stereocenters. The lowest BCUT2D eigenvalue weighted by atomic mass is 9.97. The van der Waals surface area contributed by atoms with Crippen LogP contribution in [0.4, 0.5) is 5.69 Å². The van der Waals surface area contributed by atoms with E-state index in [0.717, 1.165) is 41.6 Å². The molecule has 1 N–H and O–H groups in total. The molecule has 0 saturated heterocycles. The second-order valence-electron chi connectivity index (χ2n) is 8.20. The highest BCUT2D eigenvalue weighted by Gasteiger charge is 2.23. The van der Waals surface area contributed by atoms with Gasteiger partial charge >= 0.3 is 0 Å². The summed E-state index contributed by atoms with van der Waals surface area (Å²) in [6, 6.07) is 12.4. The fourth-order valence-corrected chi connectivity index (χ4v) is 6.65. The van der Waals surface area contributed by atoms with Crippen LogP contribution in [0.2, 0.25) is 10.0 Å². The number of thiophene rings is 1. The highest BCUT2D eigenvalue weighted by molar-refractivity contribution is 7.99. The number of benzene rings is 2. The second-order valence-corrected chi connectivity index (χ2v) is 11.1. The fourth-order valence-electron chi connectivity index (χ4n) is 4.18. The topological polar surface area (TPSA) is 64.0 Å². The van der Waals surface area contributed by atoms with Crippen molar-refractivity contribution < 1.29 is 4.79 Å². The molecule has 0 atom stereocenters. The van der Waals surface area contributed by atoms with Crippen LogP contribution in [0.15, 0.2) is 52.4 Å². The highest BCUT2D eigenvalue weighted by Crippen LogP contribution is 2.35. The molecular formula is C25H21Cl2N3O2S2. The molecule has 0 aliphatic heterocycles. The van der Waals surface area contributed by atoms with Gasteiger partial charge in [0.05, 0.1) is 16.8 Å². The maximum absolute atomic E-state index is 13.8. The van der Waals surface area contributed by atoms with Crippen molar-refractivity contribution in [3.05, 3.63) is 78.9 Å². The molecule has 0 radical (unpaired) electrons. The molecule has 1 amide bonds. The van der Waals surface area contributed by atoms with Crippen molar-refractivity contribution in [2.24, 2.45) is 0 Å². The molecule has 34 heavy (non-hydrogen) atoms. The quantitative estimate of drug-likeness (QED) is 0.231. The maximum Gasteiger partial charge on any atom is 0.267 e. The van der Waals surface area contributed by atoms with Crippen LogP contribution in [0.3, 0.4) is 0 Å². The number of carbonyl (C=O) groups excluding carboxylic acids is 1. The first-order valence-electron chi connectivity index (χ1n) is 10.9. The van der Waals surface area contributed by atoms with Crippen molar-refractivity contribution in [2.75, 3.05) is 11.1 Å². The van der Waals surface area contributed by atoms with Crippen LogP contribution in [-0.2, 0) is 17.6 Å². The van der Waals surface area contributed by atoms with E-state index >= 15 is 0 Å². The van der Waals surface area contributed by atoms with E-state index in [1.807, 2.05) is 6.92 Å². The molecule has 1 aliphatic carbocycles. The zero-order chi connectivity index (χ0) is 23.8. The Morgan fingerprint density at radius 2 is 1.85 bits per heavy atom. The summed E-state index contributed by atoms with van der Waals surface area (Å²) in [5.41, 5.74) is 3.31. The van der Waals surface area contributed by atoms with Gasteiger partial charge < -0.3 is 5.32 Å². The number of thioether (sulfide) groups is 1. The predicted octanol–water partition coefficient (Wildman–Crippen LogP) is 6.67. The average molecular weight is 531 g/mol. The maximum atomic E-state index is 13.8. The Labute approximate surface area is 215 Å². The summed E-state index contributed by atoms with van der Waals surface area (Å²) >= 11 is 14.9. The summed E-state index contributed by atoms with van der Waals surface area (Å²) in [5.74, 6) is -0.0727. The van der Waals surface area contributed by atoms with Crippen molar-refractivity contribution in [3.8, 4) is 5.69 Å². The van der Waals surface area contributed by atoms with Crippen molar-refractivity contribution in [1.29, 1.82) is 0 Å². The normalized spacial score (nSPS) is 13.1. The number of nitrogens with one attached hydrogen (secondary N) is 1. The molecule has 2 aromatic heterocycles. The Hall–Kier alpha value is -2.32. The lowest BCUT2D eigenvalue weighted by molar-refractivity contribution is -0.113. The zero-order valence-electron chi connectivity index (χ0n) is 18.4. The number of fused-ring (bicyclic) bond motifs is 3. The Morgan fingerprint density at radius 3 is 2.62 bits per heavy atom. The third-order valence-corrected chi connectivity index (χ3v) is 8.45. The highest BCUT2D eigenvalue weighted by atomic mass is 35.5. The van der Waals surface area contributed by atoms with Gasteiger partial charge in [-0.1, -0.05) is 35.0 Å². The summed E-state index contributed by atoms with van der Waals surface area (Å²) in [6.07, 6.45) is 4.11. The number of carbonyl (C=O) groups is 1. The first-order chi connectivity index (χ1) is 16.4. The van der Waals surface area contributed by atoms with Gasteiger partial charge in [0.2, 0.25) is 5.91 Å². The third-order valence-electron chi connectivity index (χ3n) is 5.84. The number of hydrogen-bond donors (Lipinski definition) is 1. The number of halogens is 2. The van der Waals surface area contributed by atoms with Crippen molar-refractivity contribution in [1.82, 2.24) is 9.55 Å². The van der Waals surface area contributed by atoms with E-state index < -0.39 is 0 Å². The lowest BCUT2D eigenvalue weighted by Crippen LogP contribution is -2.23. The van der Waals surface area contributed by atoms with E-state index in [1.165, 1.54) is 16.6 Å². The van der Waals surface area contributed by atoms with Gasteiger partial charge in [0.25, 0.3) is 5.56 Å². The van der Waals surface area contributed by atoms with Crippen LogP contribution >= 0.6 is 46.3 Å². The molecule has 4 aromatic rings. The molecule has 5 rings (SSSR count). The van der Waals surface area contributed by atoms with E-state index in [4.69, 9.17) is 28.2 Å². The van der Waals surface area contributed by atoms with E-state index in [2.05, 4.69) is 5.32 Å². The van der Waals surface area contributed by atoms with Gasteiger partial charge in [-0.05, 0) is 86.2 Å². The van der Waals surface area contributed by atoms with Crippen LogP contribution in [0, 0.1) is 6.92 Å². The summed E-state index contributed by atoms with van der Waals surface area (Å²) in [6.45, 7) is 1.89. The van der Waals surface area contributed by atoms with E-state index in [-0.39, 0.29) is 17.2 Å². The summed E-state index contributed by atoms with van der Waals surface area (Å²) < 4.78 is 1.60. The predicted molar refractivity (Wildman–Crippen MR) is 142 cm³/mol. The molecule has 0 saturated carbocycles. The van der Waals surface area contributed by atoms with Crippen LogP contribution in [0.1, 0.15) is 28.8 Å². The standard InChI is InChI=1S/C25H21Cl2N3O2S2/c1-14-12-16(27)8-11-19(14)28-21(31)13-33-25-29-23-22(18-4-2-3-5-20(18)34-23)24(32)30(25)17-9-6-15(26)7-10-17/h6-12H,2-5,13H2,1H3,(H,28,31). The monoisotopic (exact) mass is 529 g/mol. The number of anilines is 1. The second kappa shape index (κ2) is 9.74. The first-order valence-corrected chi connectivity index (χ1v) is 13.5. The largest absolute Gasteiger partial charge is 0.325 e. The molecule has 2 heterocycles. The van der Waals surface area contributed by atoms with Crippen molar-refractivity contribution >= 4 is 68.1 Å². The Morgan fingerprint density at radius 1 is 1.12 bits per heavy atom. The molecule has 0 bridgehead atoms. The number of hydrogen-bond acceptors (Lipinski definition) is 5. The van der Waals surface area contributed by atoms with Crippen LogP contribution in [-0.4, -0.2) is 21.2 Å². The van der Waals surface area contributed by atoms with Crippen molar-refractivity contribution in [3.63, 3.8) is 0 Å². The Kier molecular flexibility index (Phi) is 6.71. The Bertz CT molecular complexity index is 1460. The lowest BCUT2D eigenvalue weighted by Gasteiger charge is -2.14. The van der Waals surface area contributed by atoms with Gasteiger partial charge in [0.15, 0.2) is 5.16 Å². The van der Waals surface area contributed by atoms with Gasteiger partial charge in [-0.2, -0.15) is 0 Å². The molecule has 1 aliphatic rings. The summed E-state index contributed by atoms with van der Waals surface area (Å²) in [4.78, 5) is 33.3. The number of amides is 1. The summed E-state index contributed by atoms with van der Waals surface area (Å²) in [5, 5.41) is 5.32. The Balaban J connectivity index is 1.51. The molecule has 0 spiro atoms. The van der Waals surface area contributed by atoms with E-state index in [9.17, 15) is 9.59 Å². The average Bonchev–Trinajstić information content (AvgIpc) is 3.19. The van der Waals surface area contributed by atoms with Crippen molar-refractivity contribution in [2.45, 2.75) is 37.8 Å². The zero-order valence-corrected chi connectivity index (χ0v) is 21.5. The van der Waals surface area contributed by atoms with Gasteiger partial charge in [-0.3, -0.25) is 14.2 Å². The van der Waals surface area contributed by atoms with E-state index in [0.29, 0.717) is 32.0 Å². The molecule has 5 nitrogen and oxygen atoms in total. The first kappa shape index (κ1) is 23.4. The summed E-state index contributed by atoms with van der Waals surface area (Å²) in [7, 11) is 0. The fraction of sp³-hybridized carbons (Fsp3) is 0.240. The number of aryl methyl sites for hydroxylation is 3. The van der Waals surface area contributed by atoms with E-state index in [1.54, 1.807) is 58.4 Å².